The molecule has 0 heterocycles. The van der Waals surface area contributed by atoms with Gasteiger partial charge in [0, 0.05) is 0 Å². The van der Waals surface area contributed by atoms with Gasteiger partial charge in [-0.05, 0) is 29.8 Å². The maximum Gasteiger partial charge on any atom is 0.305 e. The second kappa shape index (κ2) is 7.19. The van der Waals surface area contributed by atoms with Crippen LogP contribution >= 0.6 is 0 Å². The molecule has 25 heavy (non-hydrogen) atoms. The zero-order valence-electron chi connectivity index (χ0n) is 12.3. The fourth-order valence-electron chi connectivity index (χ4n) is 2.06. The number of rotatable bonds is 6. The van der Waals surface area contributed by atoms with Gasteiger partial charge in [-0.15, -0.1) is 0 Å². The fourth-order valence-corrected chi connectivity index (χ4v) is 3.36. The summed E-state index contributed by atoms with van der Waals surface area (Å²) in [4.78, 5) is 9.77. The normalized spacial score (nSPS) is 12.8. The molecule has 0 amide bonds. The van der Waals surface area contributed by atoms with E-state index in [9.17, 15) is 30.8 Å². The molecule has 1 unspecified atom stereocenters. The van der Waals surface area contributed by atoms with Crippen LogP contribution in [-0.2, 0) is 14.8 Å². The minimum atomic E-state index is -4.72. The maximum atomic E-state index is 13.7. The molecule has 2 N–H and O–H groups in total. The third kappa shape index (κ3) is 4.34. The highest BCUT2D eigenvalue weighted by atomic mass is 32.2. The minimum Gasteiger partial charge on any atom is -0.481 e. The van der Waals surface area contributed by atoms with Crippen LogP contribution in [-0.4, -0.2) is 19.5 Å². The molecular formula is C15H11F4NO4S. The van der Waals surface area contributed by atoms with Crippen LogP contribution in [0.2, 0.25) is 0 Å². The number of carboxylic acids is 1. The lowest BCUT2D eigenvalue weighted by atomic mass is 10.1. The summed E-state index contributed by atoms with van der Waals surface area (Å²) in [5.41, 5.74) is 0.0929. The first kappa shape index (κ1) is 18.9. The van der Waals surface area contributed by atoms with Crippen molar-refractivity contribution in [1.82, 2.24) is 4.72 Å². The summed E-state index contributed by atoms with van der Waals surface area (Å²) >= 11 is 0. The largest absolute Gasteiger partial charge is 0.481 e. The molecular weight excluding hydrogens is 366 g/mol. The van der Waals surface area contributed by atoms with Crippen molar-refractivity contribution >= 4 is 16.0 Å². The van der Waals surface area contributed by atoms with Gasteiger partial charge in [-0.25, -0.2) is 30.7 Å². The van der Waals surface area contributed by atoms with Gasteiger partial charge < -0.3 is 5.11 Å². The fraction of sp³-hybridized carbons (Fsp3) is 0.133. The van der Waals surface area contributed by atoms with E-state index in [2.05, 4.69) is 0 Å². The highest BCUT2D eigenvalue weighted by Gasteiger charge is 2.28. The molecule has 0 aliphatic carbocycles. The van der Waals surface area contributed by atoms with Gasteiger partial charge in [0.15, 0.2) is 17.5 Å². The Hall–Kier alpha value is -2.46. The van der Waals surface area contributed by atoms with Gasteiger partial charge in [0.2, 0.25) is 10.0 Å². The molecule has 0 spiro atoms. The van der Waals surface area contributed by atoms with Crippen LogP contribution in [0.25, 0.3) is 0 Å². The van der Waals surface area contributed by atoms with Crippen molar-refractivity contribution in [2.24, 2.45) is 0 Å². The van der Waals surface area contributed by atoms with E-state index in [0.717, 1.165) is 24.3 Å². The summed E-state index contributed by atoms with van der Waals surface area (Å²) in [5, 5.41) is 8.91. The molecule has 0 aromatic heterocycles. The number of carbonyl (C=O) groups is 1. The van der Waals surface area contributed by atoms with Gasteiger partial charge in [0.05, 0.1) is 12.5 Å². The molecule has 0 saturated heterocycles. The Morgan fingerprint density at radius 3 is 2.16 bits per heavy atom. The van der Waals surface area contributed by atoms with Crippen molar-refractivity contribution < 1.29 is 35.9 Å². The van der Waals surface area contributed by atoms with Gasteiger partial charge >= 0.3 is 5.97 Å². The van der Waals surface area contributed by atoms with Crippen molar-refractivity contribution in [2.75, 3.05) is 0 Å². The van der Waals surface area contributed by atoms with Crippen molar-refractivity contribution in [3.63, 3.8) is 0 Å². The molecule has 2 aromatic carbocycles. The molecule has 0 aliphatic rings. The van der Waals surface area contributed by atoms with E-state index < -0.39 is 56.6 Å². The first-order valence-corrected chi connectivity index (χ1v) is 8.23. The summed E-state index contributed by atoms with van der Waals surface area (Å²) in [6.07, 6.45) is -0.740. The highest BCUT2D eigenvalue weighted by Crippen LogP contribution is 2.24. The van der Waals surface area contributed by atoms with E-state index in [-0.39, 0.29) is 5.56 Å². The number of aliphatic carboxylic acids is 1. The van der Waals surface area contributed by atoms with E-state index in [1.165, 1.54) is 0 Å². The van der Waals surface area contributed by atoms with Crippen molar-refractivity contribution in [2.45, 2.75) is 17.4 Å². The lowest BCUT2D eigenvalue weighted by Crippen LogP contribution is -2.31. The number of hydrogen-bond acceptors (Lipinski definition) is 3. The molecule has 134 valence electrons. The van der Waals surface area contributed by atoms with Crippen LogP contribution in [0.3, 0.4) is 0 Å². The van der Waals surface area contributed by atoms with Crippen molar-refractivity contribution in [3.8, 4) is 0 Å². The van der Waals surface area contributed by atoms with Gasteiger partial charge in [-0.3, -0.25) is 4.79 Å². The Morgan fingerprint density at radius 1 is 1.00 bits per heavy atom. The molecule has 0 aliphatic heterocycles. The monoisotopic (exact) mass is 377 g/mol. The highest BCUT2D eigenvalue weighted by molar-refractivity contribution is 7.89. The predicted octanol–water partition coefficient (Wildman–Crippen LogP) is 2.74. The Bertz CT molecular complexity index is 900. The first-order valence-electron chi connectivity index (χ1n) is 6.75. The minimum absolute atomic E-state index is 0.0929. The number of halogens is 4. The summed E-state index contributed by atoms with van der Waals surface area (Å²) in [7, 11) is -4.72. The average Bonchev–Trinajstić information content (AvgIpc) is 2.51. The van der Waals surface area contributed by atoms with Crippen LogP contribution in [0, 0.1) is 23.3 Å². The van der Waals surface area contributed by atoms with Crippen molar-refractivity contribution in [3.05, 3.63) is 65.2 Å². The third-order valence-electron chi connectivity index (χ3n) is 3.24. The van der Waals surface area contributed by atoms with Crippen LogP contribution in [0.1, 0.15) is 18.0 Å². The first-order chi connectivity index (χ1) is 11.6. The van der Waals surface area contributed by atoms with E-state index in [1.807, 2.05) is 4.72 Å². The van der Waals surface area contributed by atoms with E-state index in [4.69, 9.17) is 5.11 Å². The number of hydrogen-bond donors (Lipinski definition) is 2. The van der Waals surface area contributed by atoms with Crippen LogP contribution < -0.4 is 4.72 Å². The number of benzene rings is 2. The molecule has 0 saturated carbocycles. The Balaban J connectivity index is 2.42. The standard InChI is InChI=1S/C15H11F4NO4S/c16-9-3-1-8(2-4-9)11(7-13(21)22)20-25(23,24)12-6-5-10(17)14(18)15(12)19/h1-6,11,20H,7H2,(H,21,22). The lowest BCUT2D eigenvalue weighted by Gasteiger charge is -2.18. The molecule has 1 atom stereocenters. The van der Waals surface area contributed by atoms with Crippen molar-refractivity contribution in [1.29, 1.82) is 0 Å². The van der Waals surface area contributed by atoms with Crippen LogP contribution in [0.15, 0.2) is 41.3 Å². The molecule has 5 nitrogen and oxygen atoms in total. The van der Waals surface area contributed by atoms with Crippen LogP contribution in [0.4, 0.5) is 17.6 Å². The van der Waals surface area contributed by atoms with E-state index in [1.54, 1.807) is 0 Å². The predicted molar refractivity (Wildman–Crippen MR) is 78.0 cm³/mol. The average molecular weight is 377 g/mol. The molecule has 2 rings (SSSR count). The molecule has 10 heteroatoms. The van der Waals surface area contributed by atoms with Gasteiger partial charge in [-0.2, -0.15) is 0 Å². The van der Waals surface area contributed by atoms with Gasteiger partial charge in [-0.1, -0.05) is 12.1 Å². The van der Waals surface area contributed by atoms with Gasteiger partial charge in [0.25, 0.3) is 0 Å². The third-order valence-corrected chi connectivity index (χ3v) is 4.73. The molecule has 0 bridgehead atoms. The second-order valence-corrected chi connectivity index (χ2v) is 6.68. The summed E-state index contributed by atoms with van der Waals surface area (Å²) < 4.78 is 79.3. The van der Waals surface area contributed by atoms with E-state index in [0.29, 0.717) is 12.1 Å². The molecule has 0 radical (unpaired) electrons. The quantitative estimate of drug-likeness (QED) is 0.599. The number of carboxylic acid groups (broad SMARTS) is 1. The Morgan fingerprint density at radius 2 is 1.60 bits per heavy atom. The second-order valence-electron chi connectivity index (χ2n) is 5.00. The Labute approximate surface area is 140 Å². The smallest absolute Gasteiger partial charge is 0.305 e. The number of sulfonamides is 1. The number of nitrogens with one attached hydrogen (secondary N) is 1. The summed E-state index contributed by atoms with van der Waals surface area (Å²) in [6.45, 7) is 0. The zero-order chi connectivity index (χ0) is 18.8. The van der Waals surface area contributed by atoms with Crippen LogP contribution in [0.5, 0.6) is 0 Å². The Kier molecular flexibility index (Phi) is 5.43. The summed E-state index contributed by atoms with van der Waals surface area (Å²) in [5.74, 6) is -7.49. The maximum absolute atomic E-state index is 13.7. The lowest BCUT2D eigenvalue weighted by molar-refractivity contribution is -0.137. The summed E-state index contributed by atoms with van der Waals surface area (Å²) in [6, 6.07) is 3.82. The molecule has 0 fully saturated rings. The van der Waals surface area contributed by atoms with E-state index >= 15 is 0 Å². The SMILES string of the molecule is O=C(O)CC(NS(=O)(=O)c1ccc(F)c(F)c1F)c1ccc(F)cc1. The zero-order valence-corrected chi connectivity index (χ0v) is 13.2. The van der Waals surface area contributed by atoms with Gasteiger partial charge in [0.1, 0.15) is 10.7 Å². The topological polar surface area (TPSA) is 83.5 Å². The molecule has 2 aromatic rings.